The zero-order chi connectivity index (χ0) is 29.6. The van der Waals surface area contributed by atoms with E-state index in [0.29, 0.717) is 43.5 Å². The first-order chi connectivity index (χ1) is 20.4. The number of amides is 3. The number of methoxy groups -OCH3 is 2. The van der Waals surface area contributed by atoms with Gasteiger partial charge in [-0.1, -0.05) is 25.0 Å². The molecule has 9 nitrogen and oxygen atoms in total. The lowest BCUT2D eigenvalue weighted by atomic mass is 10.0. The molecule has 3 aliphatic rings. The predicted molar refractivity (Wildman–Crippen MR) is 159 cm³/mol. The van der Waals surface area contributed by atoms with E-state index >= 15 is 0 Å². The standard InChI is InChI=1S/C32H43FN4O5/c1-21-12-13-36(25-10-11-28(40-2)30(17-25)42-14-4-5-22-6-7-22)32(39)37(21)20-24-9-8-23(15-29(24)41-3)16-31(38)35-27-19-34-18-26(27)33/h8-11,15,17,21-22,26-27,34H,4-7,12-14,16,18-20H2,1-3H3,(H,35,38)/t21-,26-,27+/m0/s1. The molecule has 5 rings (SSSR count). The quantitative estimate of drug-likeness (QED) is 0.339. The van der Waals surface area contributed by atoms with Crippen LogP contribution in [0.25, 0.3) is 0 Å². The Morgan fingerprint density at radius 3 is 2.57 bits per heavy atom. The monoisotopic (exact) mass is 582 g/mol. The molecule has 228 valence electrons. The van der Waals surface area contributed by atoms with Crippen LogP contribution in [-0.4, -0.2) is 75.6 Å². The molecule has 3 amide bonds. The summed E-state index contributed by atoms with van der Waals surface area (Å²) in [6.45, 7) is 4.33. The molecular weight excluding hydrogens is 539 g/mol. The highest BCUT2D eigenvalue weighted by molar-refractivity contribution is 5.93. The van der Waals surface area contributed by atoms with Crippen LogP contribution in [0, 0.1) is 5.92 Å². The number of nitrogens with zero attached hydrogens (tertiary/aromatic N) is 2. The average molecular weight is 583 g/mol. The second-order valence-corrected chi connectivity index (χ2v) is 11.6. The first kappa shape index (κ1) is 29.9. The van der Waals surface area contributed by atoms with Gasteiger partial charge in [0.2, 0.25) is 5.91 Å². The van der Waals surface area contributed by atoms with E-state index in [4.69, 9.17) is 14.2 Å². The lowest BCUT2D eigenvalue weighted by molar-refractivity contribution is -0.121. The maximum Gasteiger partial charge on any atom is 0.325 e. The van der Waals surface area contributed by atoms with Gasteiger partial charge in [-0.25, -0.2) is 9.18 Å². The van der Waals surface area contributed by atoms with E-state index < -0.39 is 12.2 Å². The van der Waals surface area contributed by atoms with Crippen molar-refractivity contribution in [3.8, 4) is 17.2 Å². The van der Waals surface area contributed by atoms with Crippen LogP contribution in [0.4, 0.5) is 14.9 Å². The third-order valence-electron chi connectivity index (χ3n) is 8.49. The van der Waals surface area contributed by atoms with Crippen molar-refractivity contribution in [1.29, 1.82) is 0 Å². The summed E-state index contributed by atoms with van der Waals surface area (Å²) in [7, 11) is 3.21. The molecule has 0 unspecified atom stereocenters. The van der Waals surface area contributed by atoms with Crippen LogP contribution in [0.5, 0.6) is 17.2 Å². The first-order valence-electron chi connectivity index (χ1n) is 15.0. The summed E-state index contributed by atoms with van der Waals surface area (Å²) in [6.07, 6.45) is 4.71. The molecule has 3 atom stereocenters. The van der Waals surface area contributed by atoms with Gasteiger partial charge in [-0.05, 0) is 55.9 Å². The molecule has 1 saturated carbocycles. The number of rotatable bonds is 13. The lowest BCUT2D eigenvalue weighted by Crippen LogP contribution is -2.53. The molecule has 10 heteroatoms. The van der Waals surface area contributed by atoms with Gasteiger partial charge >= 0.3 is 6.03 Å². The van der Waals surface area contributed by atoms with Gasteiger partial charge in [0.1, 0.15) is 11.9 Å². The molecule has 0 spiro atoms. The summed E-state index contributed by atoms with van der Waals surface area (Å²) >= 11 is 0. The van der Waals surface area contributed by atoms with Crippen molar-refractivity contribution in [2.45, 2.75) is 70.2 Å². The zero-order valence-electron chi connectivity index (χ0n) is 24.9. The fourth-order valence-electron chi connectivity index (χ4n) is 5.73. The Bertz CT molecular complexity index is 1260. The number of halogens is 1. The van der Waals surface area contributed by atoms with Gasteiger partial charge in [0.05, 0.1) is 39.8 Å². The van der Waals surface area contributed by atoms with Crippen molar-refractivity contribution < 1.29 is 28.2 Å². The average Bonchev–Trinajstić information content (AvgIpc) is 3.73. The van der Waals surface area contributed by atoms with Crippen molar-refractivity contribution in [2.75, 3.05) is 45.4 Å². The number of hydrogen-bond donors (Lipinski definition) is 2. The van der Waals surface area contributed by atoms with E-state index in [1.165, 1.54) is 19.3 Å². The van der Waals surface area contributed by atoms with E-state index in [1.54, 1.807) is 19.1 Å². The van der Waals surface area contributed by atoms with E-state index in [1.807, 2.05) is 41.3 Å². The Morgan fingerprint density at radius 2 is 1.86 bits per heavy atom. The molecule has 1 aliphatic carbocycles. The minimum Gasteiger partial charge on any atom is -0.496 e. The van der Waals surface area contributed by atoms with Crippen LogP contribution in [0.15, 0.2) is 36.4 Å². The summed E-state index contributed by atoms with van der Waals surface area (Å²) in [4.78, 5) is 30.0. The van der Waals surface area contributed by atoms with E-state index in [0.717, 1.165) is 35.6 Å². The molecule has 2 aromatic rings. The highest BCUT2D eigenvalue weighted by atomic mass is 19.1. The molecule has 0 bridgehead atoms. The maximum atomic E-state index is 13.9. The second-order valence-electron chi connectivity index (χ2n) is 11.6. The van der Waals surface area contributed by atoms with Gasteiger partial charge in [0.15, 0.2) is 11.5 Å². The molecular formula is C32H43FN4O5. The maximum absolute atomic E-state index is 13.9. The van der Waals surface area contributed by atoms with Gasteiger partial charge in [0, 0.05) is 43.0 Å². The van der Waals surface area contributed by atoms with Gasteiger partial charge < -0.3 is 29.7 Å². The number of anilines is 1. The molecule has 2 N–H and O–H groups in total. The zero-order valence-corrected chi connectivity index (χ0v) is 24.9. The van der Waals surface area contributed by atoms with Crippen molar-refractivity contribution >= 4 is 17.6 Å². The minimum absolute atomic E-state index is 0.0361. The Balaban J connectivity index is 1.25. The molecule has 0 radical (unpaired) electrons. The SMILES string of the molecule is COc1cc(CC(=O)N[C@@H]2CNC[C@@H]2F)ccc1CN1C(=O)N(c2ccc(OC)c(OCCCC3CC3)c2)CC[C@@H]1C. The summed E-state index contributed by atoms with van der Waals surface area (Å²) in [5, 5.41) is 5.71. The van der Waals surface area contributed by atoms with Crippen LogP contribution >= 0.6 is 0 Å². The van der Waals surface area contributed by atoms with Crippen molar-refractivity contribution in [3.63, 3.8) is 0 Å². The van der Waals surface area contributed by atoms with Crippen molar-refractivity contribution in [2.24, 2.45) is 5.92 Å². The van der Waals surface area contributed by atoms with Crippen LogP contribution in [-0.2, 0) is 17.8 Å². The molecule has 2 aliphatic heterocycles. The van der Waals surface area contributed by atoms with Crippen LogP contribution in [0.3, 0.4) is 0 Å². The van der Waals surface area contributed by atoms with Crippen LogP contribution in [0.2, 0.25) is 0 Å². The van der Waals surface area contributed by atoms with E-state index in [2.05, 4.69) is 17.6 Å². The fourth-order valence-corrected chi connectivity index (χ4v) is 5.73. The summed E-state index contributed by atoms with van der Waals surface area (Å²) in [5.74, 6) is 2.54. The van der Waals surface area contributed by atoms with Gasteiger partial charge in [-0.2, -0.15) is 0 Å². The number of nitrogens with one attached hydrogen (secondary N) is 2. The molecule has 0 aromatic heterocycles. The Hall–Kier alpha value is -3.53. The van der Waals surface area contributed by atoms with Crippen molar-refractivity contribution in [1.82, 2.24) is 15.5 Å². The van der Waals surface area contributed by atoms with Gasteiger partial charge in [-0.3, -0.25) is 9.69 Å². The number of benzene rings is 2. The summed E-state index contributed by atoms with van der Waals surface area (Å²) in [5.41, 5.74) is 2.38. The number of carbonyl (C=O) groups excluding carboxylic acids is 2. The predicted octanol–water partition coefficient (Wildman–Crippen LogP) is 4.46. The molecule has 2 aromatic carbocycles. The Kier molecular flexibility index (Phi) is 9.72. The highest BCUT2D eigenvalue weighted by Crippen LogP contribution is 2.36. The van der Waals surface area contributed by atoms with Gasteiger partial charge in [0.25, 0.3) is 0 Å². The van der Waals surface area contributed by atoms with Crippen LogP contribution < -0.4 is 29.7 Å². The number of carbonyl (C=O) groups is 2. The smallest absolute Gasteiger partial charge is 0.325 e. The van der Waals surface area contributed by atoms with Crippen molar-refractivity contribution in [3.05, 3.63) is 47.5 Å². The highest BCUT2D eigenvalue weighted by Gasteiger charge is 2.33. The topological polar surface area (TPSA) is 92.4 Å². The van der Waals surface area contributed by atoms with E-state index in [-0.39, 0.29) is 30.9 Å². The number of hydrogen-bond acceptors (Lipinski definition) is 6. The molecule has 3 fully saturated rings. The summed E-state index contributed by atoms with van der Waals surface area (Å²) in [6, 6.07) is 10.7. The normalized spacial score (nSPS) is 22.3. The molecule has 2 heterocycles. The van der Waals surface area contributed by atoms with E-state index in [9.17, 15) is 14.0 Å². The number of alkyl halides is 1. The fraction of sp³-hybridized carbons (Fsp3) is 0.562. The lowest BCUT2D eigenvalue weighted by Gasteiger charge is -2.40. The third kappa shape index (κ3) is 7.27. The van der Waals surface area contributed by atoms with Gasteiger partial charge in [-0.15, -0.1) is 0 Å². The second kappa shape index (κ2) is 13.6. The first-order valence-corrected chi connectivity index (χ1v) is 15.0. The molecule has 2 saturated heterocycles. The Morgan fingerprint density at radius 1 is 1.05 bits per heavy atom. The minimum atomic E-state index is -1.08. The van der Waals surface area contributed by atoms with Crippen LogP contribution in [0.1, 0.15) is 50.2 Å². The largest absolute Gasteiger partial charge is 0.496 e. The molecule has 42 heavy (non-hydrogen) atoms. The Labute approximate surface area is 247 Å². The number of ether oxygens (including phenoxy) is 3. The number of urea groups is 1. The summed E-state index contributed by atoms with van der Waals surface area (Å²) < 4.78 is 31.1. The third-order valence-corrected chi connectivity index (χ3v) is 8.49.